The number of hydrogen-bond donors (Lipinski definition) is 1. The number of benzene rings is 1. The molecule has 2 saturated heterocycles. The second-order valence-electron chi connectivity index (χ2n) is 9.41. The number of halogens is 2. The SMILES string of the molecule is CC(C)(Oc1ccc([C@@H]2CC2(Cl)Cl)cc1)C(=O)NC[C@@H]1CCCN2CCCC[C@H]12. The number of carbonyl (C=O) groups excluding carboxylic acids is 1. The number of hydrogen-bond acceptors (Lipinski definition) is 3. The second kappa shape index (κ2) is 8.28. The van der Waals surface area contributed by atoms with Crippen molar-refractivity contribution in [2.24, 2.45) is 5.92 Å². The van der Waals surface area contributed by atoms with E-state index in [0.29, 0.717) is 17.7 Å². The minimum Gasteiger partial charge on any atom is -0.478 e. The van der Waals surface area contributed by atoms with Crippen molar-refractivity contribution >= 4 is 29.1 Å². The van der Waals surface area contributed by atoms with Crippen LogP contribution in [0.1, 0.15) is 63.9 Å². The lowest BCUT2D eigenvalue weighted by Crippen LogP contribution is -2.53. The van der Waals surface area contributed by atoms with Crippen LogP contribution in [0.4, 0.5) is 0 Å². The molecule has 4 nitrogen and oxygen atoms in total. The van der Waals surface area contributed by atoms with Crippen molar-refractivity contribution < 1.29 is 9.53 Å². The van der Waals surface area contributed by atoms with Crippen molar-refractivity contribution in [2.75, 3.05) is 19.6 Å². The molecule has 3 fully saturated rings. The van der Waals surface area contributed by atoms with Gasteiger partial charge in [-0.05, 0) is 82.7 Å². The van der Waals surface area contributed by atoms with Crippen LogP contribution in [0.3, 0.4) is 0 Å². The molecule has 1 aliphatic carbocycles. The van der Waals surface area contributed by atoms with Crippen LogP contribution in [0.25, 0.3) is 0 Å². The third kappa shape index (κ3) is 4.86. The highest BCUT2D eigenvalue weighted by Gasteiger charge is 2.52. The van der Waals surface area contributed by atoms with Gasteiger partial charge in [0.25, 0.3) is 5.91 Å². The summed E-state index contributed by atoms with van der Waals surface area (Å²) < 4.78 is 5.40. The first-order valence-corrected chi connectivity index (χ1v) is 11.7. The van der Waals surface area contributed by atoms with Gasteiger partial charge in [0, 0.05) is 18.5 Å². The van der Waals surface area contributed by atoms with Gasteiger partial charge in [-0.15, -0.1) is 23.2 Å². The Morgan fingerprint density at radius 2 is 1.86 bits per heavy atom. The van der Waals surface area contributed by atoms with Crippen LogP contribution in [0.5, 0.6) is 5.75 Å². The fraction of sp³-hybridized carbons (Fsp3) is 0.696. The minimum atomic E-state index is -0.926. The van der Waals surface area contributed by atoms with E-state index in [0.717, 1.165) is 18.5 Å². The van der Waals surface area contributed by atoms with Crippen LogP contribution in [-0.2, 0) is 4.79 Å². The van der Waals surface area contributed by atoms with Crippen molar-refractivity contribution in [1.29, 1.82) is 0 Å². The summed E-state index contributed by atoms with van der Waals surface area (Å²) in [6.07, 6.45) is 7.10. The molecule has 0 spiro atoms. The molecule has 0 bridgehead atoms. The summed E-state index contributed by atoms with van der Waals surface area (Å²) in [6, 6.07) is 8.40. The largest absolute Gasteiger partial charge is 0.478 e. The maximum absolute atomic E-state index is 12.9. The van der Waals surface area contributed by atoms with Crippen LogP contribution in [0.15, 0.2) is 24.3 Å². The van der Waals surface area contributed by atoms with E-state index in [4.69, 9.17) is 27.9 Å². The molecule has 1 aromatic carbocycles. The molecule has 3 aliphatic rings. The van der Waals surface area contributed by atoms with Gasteiger partial charge in [-0.25, -0.2) is 0 Å². The highest BCUT2D eigenvalue weighted by molar-refractivity contribution is 6.51. The molecule has 1 aromatic rings. The Morgan fingerprint density at radius 1 is 1.17 bits per heavy atom. The van der Waals surface area contributed by atoms with Crippen molar-refractivity contribution in [3.63, 3.8) is 0 Å². The van der Waals surface area contributed by atoms with Gasteiger partial charge in [0.1, 0.15) is 10.1 Å². The molecule has 29 heavy (non-hydrogen) atoms. The standard InChI is InChI=1S/C23H32Cl2N2O2/c1-22(2,29-18-10-8-16(9-11-18)19-14-23(19,24)25)21(28)26-15-17-6-5-13-27-12-4-3-7-20(17)27/h8-11,17,19-20H,3-7,12-15H2,1-2H3,(H,26,28)/t17-,19-,20+/m0/s1. The number of fused-ring (bicyclic) bond motifs is 1. The zero-order chi connectivity index (χ0) is 20.6. The maximum atomic E-state index is 12.9. The Morgan fingerprint density at radius 3 is 2.55 bits per heavy atom. The first-order chi connectivity index (χ1) is 13.8. The molecule has 0 radical (unpaired) electrons. The summed E-state index contributed by atoms with van der Waals surface area (Å²) in [5, 5.41) is 3.17. The van der Waals surface area contributed by atoms with Gasteiger partial charge in [0.2, 0.25) is 0 Å². The maximum Gasteiger partial charge on any atom is 0.263 e. The van der Waals surface area contributed by atoms with Gasteiger partial charge in [0.15, 0.2) is 5.60 Å². The molecule has 6 heteroatoms. The Balaban J connectivity index is 1.30. The molecule has 0 aromatic heterocycles. The predicted molar refractivity (Wildman–Crippen MR) is 118 cm³/mol. The molecular formula is C23H32Cl2N2O2. The van der Waals surface area contributed by atoms with E-state index in [1.165, 1.54) is 45.2 Å². The van der Waals surface area contributed by atoms with E-state index < -0.39 is 9.93 Å². The van der Waals surface area contributed by atoms with Gasteiger partial charge in [-0.3, -0.25) is 4.79 Å². The summed E-state index contributed by atoms with van der Waals surface area (Å²) in [5.74, 6) is 1.36. The summed E-state index contributed by atoms with van der Waals surface area (Å²) in [4.78, 5) is 15.5. The summed E-state index contributed by atoms with van der Waals surface area (Å²) in [5.41, 5.74) is 0.184. The average Bonchev–Trinajstić information content (AvgIpc) is 3.34. The average molecular weight is 439 g/mol. The molecule has 1 saturated carbocycles. The van der Waals surface area contributed by atoms with Crippen LogP contribution >= 0.6 is 23.2 Å². The Labute approximate surface area is 184 Å². The van der Waals surface area contributed by atoms with Gasteiger partial charge in [-0.2, -0.15) is 0 Å². The number of ether oxygens (including phenoxy) is 1. The normalized spacial score (nSPS) is 29.0. The van der Waals surface area contributed by atoms with E-state index in [1.54, 1.807) is 0 Å². The zero-order valence-corrected chi connectivity index (χ0v) is 18.9. The quantitative estimate of drug-likeness (QED) is 0.642. The fourth-order valence-corrected chi connectivity index (χ4v) is 5.50. The van der Waals surface area contributed by atoms with Gasteiger partial charge in [0.05, 0.1) is 0 Å². The molecular weight excluding hydrogens is 407 g/mol. The third-order valence-corrected chi connectivity index (χ3v) is 7.62. The smallest absolute Gasteiger partial charge is 0.263 e. The first kappa shape index (κ1) is 21.3. The van der Waals surface area contributed by atoms with Crippen molar-refractivity contribution in [2.45, 2.75) is 74.3 Å². The number of amides is 1. The van der Waals surface area contributed by atoms with Crippen molar-refractivity contribution in [3.8, 4) is 5.75 Å². The lowest BCUT2D eigenvalue weighted by molar-refractivity contribution is -0.134. The summed E-state index contributed by atoms with van der Waals surface area (Å²) >= 11 is 12.3. The van der Waals surface area contributed by atoms with Crippen molar-refractivity contribution in [3.05, 3.63) is 29.8 Å². The predicted octanol–water partition coefficient (Wildman–Crippen LogP) is 4.89. The summed E-state index contributed by atoms with van der Waals surface area (Å²) in [6.45, 7) is 6.83. The molecule has 3 atom stereocenters. The molecule has 4 rings (SSSR count). The van der Waals surface area contributed by atoms with Gasteiger partial charge >= 0.3 is 0 Å². The van der Waals surface area contributed by atoms with E-state index in [9.17, 15) is 4.79 Å². The molecule has 2 heterocycles. The zero-order valence-electron chi connectivity index (χ0n) is 17.4. The minimum absolute atomic E-state index is 0.0581. The van der Waals surface area contributed by atoms with E-state index in [-0.39, 0.29) is 11.8 Å². The number of rotatable bonds is 6. The topological polar surface area (TPSA) is 41.6 Å². The van der Waals surface area contributed by atoms with E-state index >= 15 is 0 Å². The van der Waals surface area contributed by atoms with Crippen LogP contribution in [-0.4, -0.2) is 46.4 Å². The fourth-order valence-electron chi connectivity index (χ4n) is 4.94. The molecule has 1 N–H and O–H groups in total. The molecule has 1 amide bonds. The number of nitrogens with one attached hydrogen (secondary N) is 1. The number of nitrogens with zero attached hydrogens (tertiary/aromatic N) is 1. The Hall–Kier alpha value is -0.970. The van der Waals surface area contributed by atoms with Gasteiger partial charge in [-0.1, -0.05) is 18.6 Å². The second-order valence-corrected chi connectivity index (χ2v) is 11.0. The van der Waals surface area contributed by atoms with E-state index in [2.05, 4.69) is 10.2 Å². The molecule has 2 aliphatic heterocycles. The van der Waals surface area contributed by atoms with Crippen LogP contribution in [0.2, 0.25) is 0 Å². The van der Waals surface area contributed by atoms with E-state index in [1.807, 2.05) is 38.1 Å². The third-order valence-electron chi connectivity index (χ3n) is 6.78. The highest BCUT2D eigenvalue weighted by Crippen LogP contribution is 2.59. The highest BCUT2D eigenvalue weighted by atomic mass is 35.5. The first-order valence-electron chi connectivity index (χ1n) is 11.0. The molecule has 160 valence electrons. The molecule has 0 unspecified atom stereocenters. The van der Waals surface area contributed by atoms with Crippen LogP contribution in [0, 0.1) is 5.92 Å². The lowest BCUT2D eigenvalue weighted by atomic mass is 9.83. The Kier molecular flexibility index (Phi) is 6.07. The Bertz CT molecular complexity index is 733. The lowest BCUT2D eigenvalue weighted by Gasteiger charge is -2.44. The number of carbonyl (C=O) groups is 1. The summed E-state index contributed by atoms with van der Waals surface area (Å²) in [7, 11) is 0. The number of piperidine rings is 2. The monoisotopic (exact) mass is 438 g/mol. The number of alkyl halides is 2. The van der Waals surface area contributed by atoms with Crippen molar-refractivity contribution in [1.82, 2.24) is 10.2 Å². The van der Waals surface area contributed by atoms with Gasteiger partial charge < -0.3 is 15.0 Å². The van der Waals surface area contributed by atoms with Crippen LogP contribution < -0.4 is 10.1 Å².